The molecule has 2 N–H and O–H groups in total. The summed E-state index contributed by atoms with van der Waals surface area (Å²) in [6, 6.07) is 16.2. The molecule has 0 aliphatic rings. The first-order chi connectivity index (χ1) is 10.1. The van der Waals surface area contributed by atoms with E-state index in [2.05, 4.69) is 39.1 Å². The van der Waals surface area contributed by atoms with Gasteiger partial charge in [0.1, 0.15) is 0 Å². The molecule has 0 unspecified atom stereocenters. The SMILES string of the molecule is O=C(O)CCc1ccc2[nH]c(-c3ccccc3Br)cc2c1. The van der Waals surface area contributed by atoms with E-state index in [1.165, 1.54) is 0 Å². The fourth-order valence-corrected chi connectivity index (χ4v) is 2.91. The molecule has 0 aliphatic carbocycles. The van der Waals surface area contributed by atoms with Crippen LogP contribution in [0.3, 0.4) is 0 Å². The number of H-pyrrole nitrogens is 1. The van der Waals surface area contributed by atoms with E-state index in [1.807, 2.05) is 30.3 Å². The van der Waals surface area contributed by atoms with Gasteiger partial charge in [0.15, 0.2) is 0 Å². The Balaban J connectivity index is 1.97. The number of rotatable bonds is 4. The van der Waals surface area contributed by atoms with Crippen LogP contribution in [0.15, 0.2) is 53.0 Å². The highest BCUT2D eigenvalue weighted by molar-refractivity contribution is 9.10. The standard InChI is InChI=1S/C17H14BrNO2/c18-14-4-2-1-3-13(14)16-10-12-9-11(6-8-17(20)21)5-7-15(12)19-16/h1-5,7,9-10,19H,6,8H2,(H,20,21). The van der Waals surface area contributed by atoms with Gasteiger partial charge in [-0.1, -0.05) is 40.2 Å². The van der Waals surface area contributed by atoms with Gasteiger partial charge in [0.05, 0.1) is 0 Å². The first-order valence-electron chi connectivity index (χ1n) is 6.72. The van der Waals surface area contributed by atoms with Crippen LogP contribution in [-0.4, -0.2) is 16.1 Å². The van der Waals surface area contributed by atoms with E-state index in [-0.39, 0.29) is 6.42 Å². The number of carbonyl (C=O) groups is 1. The maximum Gasteiger partial charge on any atom is 0.303 e. The number of aliphatic carboxylic acids is 1. The summed E-state index contributed by atoms with van der Waals surface area (Å²) < 4.78 is 1.04. The summed E-state index contributed by atoms with van der Waals surface area (Å²) in [4.78, 5) is 14.0. The molecular weight excluding hydrogens is 330 g/mol. The number of halogens is 1. The molecule has 106 valence electrons. The molecule has 0 bridgehead atoms. The number of carboxylic acid groups (broad SMARTS) is 1. The normalized spacial score (nSPS) is 10.9. The van der Waals surface area contributed by atoms with Crippen molar-refractivity contribution < 1.29 is 9.90 Å². The summed E-state index contributed by atoms with van der Waals surface area (Å²) in [6.45, 7) is 0. The summed E-state index contributed by atoms with van der Waals surface area (Å²) in [5, 5.41) is 9.86. The first-order valence-corrected chi connectivity index (χ1v) is 7.51. The van der Waals surface area contributed by atoms with Gasteiger partial charge in [-0.3, -0.25) is 4.79 Å². The highest BCUT2D eigenvalue weighted by Gasteiger charge is 2.07. The fraction of sp³-hybridized carbons (Fsp3) is 0.118. The molecule has 1 aromatic heterocycles. The minimum Gasteiger partial charge on any atom is -0.481 e. The highest BCUT2D eigenvalue weighted by atomic mass is 79.9. The first kappa shape index (κ1) is 13.9. The third-order valence-electron chi connectivity index (χ3n) is 3.48. The Kier molecular flexibility index (Phi) is 3.80. The summed E-state index contributed by atoms with van der Waals surface area (Å²) >= 11 is 3.56. The molecule has 0 radical (unpaired) electrons. The Hall–Kier alpha value is -2.07. The molecule has 0 fully saturated rings. The summed E-state index contributed by atoms with van der Waals surface area (Å²) in [5.41, 5.74) is 4.26. The summed E-state index contributed by atoms with van der Waals surface area (Å²) in [6.07, 6.45) is 0.716. The van der Waals surface area contributed by atoms with Gasteiger partial charge < -0.3 is 10.1 Å². The number of carboxylic acids is 1. The van der Waals surface area contributed by atoms with Crippen LogP contribution >= 0.6 is 15.9 Å². The smallest absolute Gasteiger partial charge is 0.303 e. The molecule has 3 nitrogen and oxygen atoms in total. The van der Waals surface area contributed by atoms with E-state index in [0.29, 0.717) is 6.42 Å². The van der Waals surface area contributed by atoms with Crippen LogP contribution in [0.1, 0.15) is 12.0 Å². The van der Waals surface area contributed by atoms with Crippen LogP contribution < -0.4 is 0 Å². The van der Waals surface area contributed by atoms with E-state index >= 15 is 0 Å². The van der Waals surface area contributed by atoms with Gasteiger partial charge in [-0.15, -0.1) is 0 Å². The minimum absolute atomic E-state index is 0.160. The monoisotopic (exact) mass is 343 g/mol. The lowest BCUT2D eigenvalue weighted by atomic mass is 10.1. The van der Waals surface area contributed by atoms with Gasteiger partial charge in [0, 0.05) is 33.1 Å². The van der Waals surface area contributed by atoms with Gasteiger partial charge in [-0.05, 0) is 36.2 Å². The second kappa shape index (κ2) is 5.74. The van der Waals surface area contributed by atoms with Crippen LogP contribution in [0.4, 0.5) is 0 Å². The lowest BCUT2D eigenvalue weighted by molar-refractivity contribution is -0.136. The van der Waals surface area contributed by atoms with E-state index in [9.17, 15) is 4.79 Å². The molecule has 4 heteroatoms. The van der Waals surface area contributed by atoms with Gasteiger partial charge in [-0.25, -0.2) is 0 Å². The fourth-order valence-electron chi connectivity index (χ4n) is 2.41. The van der Waals surface area contributed by atoms with E-state index < -0.39 is 5.97 Å². The van der Waals surface area contributed by atoms with Crippen molar-refractivity contribution >= 4 is 32.8 Å². The molecule has 2 aromatic carbocycles. The molecule has 0 aliphatic heterocycles. The maximum absolute atomic E-state index is 10.7. The van der Waals surface area contributed by atoms with Crippen LogP contribution in [0.25, 0.3) is 22.2 Å². The highest BCUT2D eigenvalue weighted by Crippen LogP contribution is 2.30. The van der Waals surface area contributed by atoms with Gasteiger partial charge in [0.25, 0.3) is 0 Å². The molecule has 0 spiro atoms. The second-order valence-electron chi connectivity index (χ2n) is 4.98. The molecule has 0 saturated carbocycles. The van der Waals surface area contributed by atoms with Gasteiger partial charge >= 0.3 is 5.97 Å². The summed E-state index contributed by atoms with van der Waals surface area (Å²) in [7, 11) is 0. The third kappa shape index (κ3) is 3.00. The van der Waals surface area contributed by atoms with Crippen molar-refractivity contribution in [2.45, 2.75) is 12.8 Å². The zero-order valence-electron chi connectivity index (χ0n) is 11.3. The predicted molar refractivity (Wildman–Crippen MR) is 87.4 cm³/mol. The molecule has 21 heavy (non-hydrogen) atoms. The van der Waals surface area contributed by atoms with Crippen molar-refractivity contribution in [1.82, 2.24) is 4.98 Å². The summed E-state index contributed by atoms with van der Waals surface area (Å²) in [5.74, 6) is -0.766. The van der Waals surface area contributed by atoms with Crippen LogP contribution in [-0.2, 0) is 11.2 Å². The molecule has 0 amide bonds. The number of aryl methyl sites for hydroxylation is 1. The minimum atomic E-state index is -0.766. The van der Waals surface area contributed by atoms with Crippen molar-refractivity contribution in [3.05, 3.63) is 58.6 Å². The Bertz CT molecular complexity index is 807. The van der Waals surface area contributed by atoms with Crippen molar-refractivity contribution in [2.75, 3.05) is 0 Å². The predicted octanol–water partition coefficient (Wildman–Crippen LogP) is 4.61. The van der Waals surface area contributed by atoms with E-state index in [0.717, 1.165) is 32.2 Å². The van der Waals surface area contributed by atoms with Crippen LogP contribution in [0, 0.1) is 0 Å². The zero-order chi connectivity index (χ0) is 14.8. The number of fused-ring (bicyclic) bond motifs is 1. The number of aromatic nitrogens is 1. The Morgan fingerprint density at radius 3 is 2.71 bits per heavy atom. The number of hydrogen-bond acceptors (Lipinski definition) is 1. The molecule has 0 saturated heterocycles. The van der Waals surface area contributed by atoms with Gasteiger partial charge in [0.2, 0.25) is 0 Å². The average Bonchev–Trinajstić information content (AvgIpc) is 2.88. The van der Waals surface area contributed by atoms with Crippen molar-refractivity contribution in [3.63, 3.8) is 0 Å². The molecule has 3 rings (SSSR count). The Morgan fingerprint density at radius 2 is 1.95 bits per heavy atom. The molecule has 3 aromatic rings. The molecule has 1 heterocycles. The third-order valence-corrected chi connectivity index (χ3v) is 4.17. The lowest BCUT2D eigenvalue weighted by Crippen LogP contribution is -1.96. The average molecular weight is 344 g/mol. The zero-order valence-corrected chi connectivity index (χ0v) is 12.9. The number of nitrogens with one attached hydrogen (secondary N) is 1. The van der Waals surface area contributed by atoms with Crippen molar-refractivity contribution in [1.29, 1.82) is 0 Å². The second-order valence-corrected chi connectivity index (χ2v) is 5.83. The number of aromatic amines is 1. The van der Waals surface area contributed by atoms with Gasteiger partial charge in [-0.2, -0.15) is 0 Å². The molecule has 0 atom stereocenters. The number of hydrogen-bond donors (Lipinski definition) is 2. The van der Waals surface area contributed by atoms with E-state index in [4.69, 9.17) is 5.11 Å². The van der Waals surface area contributed by atoms with Crippen molar-refractivity contribution in [3.8, 4) is 11.3 Å². The van der Waals surface area contributed by atoms with E-state index in [1.54, 1.807) is 0 Å². The van der Waals surface area contributed by atoms with Crippen LogP contribution in [0.2, 0.25) is 0 Å². The number of benzene rings is 2. The molecular formula is C17H14BrNO2. The Morgan fingerprint density at radius 1 is 1.14 bits per heavy atom. The lowest BCUT2D eigenvalue weighted by Gasteiger charge is -2.00. The largest absolute Gasteiger partial charge is 0.481 e. The maximum atomic E-state index is 10.7. The quantitative estimate of drug-likeness (QED) is 0.726. The topological polar surface area (TPSA) is 53.1 Å². The Labute approximate surface area is 130 Å². The van der Waals surface area contributed by atoms with Crippen LogP contribution in [0.5, 0.6) is 0 Å². The van der Waals surface area contributed by atoms with Crippen molar-refractivity contribution in [2.24, 2.45) is 0 Å².